The van der Waals surface area contributed by atoms with E-state index in [9.17, 15) is 9.59 Å². The minimum atomic E-state index is -0.364. The monoisotopic (exact) mass is 323 g/mol. The smallest absolute Gasteiger partial charge is 0.230 e. The quantitative estimate of drug-likeness (QED) is 0.783. The number of carbonyl (C=O) groups is 2. The van der Waals surface area contributed by atoms with Crippen molar-refractivity contribution < 1.29 is 9.59 Å². The molecule has 1 unspecified atom stereocenters. The maximum atomic E-state index is 12.5. The molecule has 5 nitrogen and oxygen atoms in total. The van der Waals surface area contributed by atoms with Gasteiger partial charge in [-0.3, -0.25) is 9.59 Å². The van der Waals surface area contributed by atoms with Crippen LogP contribution in [-0.4, -0.2) is 50.4 Å². The molecule has 132 valence electrons. The van der Waals surface area contributed by atoms with Crippen molar-refractivity contribution in [2.24, 2.45) is 17.3 Å². The molecule has 1 aliphatic heterocycles. The summed E-state index contributed by atoms with van der Waals surface area (Å²) in [5, 5.41) is 6.44. The third-order valence-corrected chi connectivity index (χ3v) is 5.74. The van der Waals surface area contributed by atoms with Gasteiger partial charge < -0.3 is 15.5 Å². The van der Waals surface area contributed by atoms with Gasteiger partial charge in [-0.05, 0) is 50.6 Å². The van der Waals surface area contributed by atoms with Crippen LogP contribution in [0.3, 0.4) is 0 Å². The predicted molar refractivity (Wildman–Crippen MR) is 92.0 cm³/mol. The number of nitrogens with one attached hydrogen (secondary N) is 2. The van der Waals surface area contributed by atoms with E-state index in [1.165, 1.54) is 0 Å². The summed E-state index contributed by atoms with van der Waals surface area (Å²) < 4.78 is 0. The van der Waals surface area contributed by atoms with Crippen LogP contribution in [0.15, 0.2) is 0 Å². The summed E-state index contributed by atoms with van der Waals surface area (Å²) in [5.74, 6) is 1.34. The Morgan fingerprint density at radius 3 is 2.39 bits per heavy atom. The zero-order valence-corrected chi connectivity index (χ0v) is 15.0. The lowest BCUT2D eigenvalue weighted by Gasteiger charge is -2.31. The standard InChI is InChI=1S/C18H33N3O2/c1-14(15-6-10-19-11-7-15)12-16(22)20-13-18(8-4-5-9-18)17(23)21(2)3/h14-15,19H,4-13H2,1-3H3,(H,20,22). The van der Waals surface area contributed by atoms with Crippen LogP contribution in [0.25, 0.3) is 0 Å². The Bertz CT molecular complexity index is 410. The van der Waals surface area contributed by atoms with Crippen LogP contribution in [0.2, 0.25) is 0 Å². The molecule has 1 saturated heterocycles. The van der Waals surface area contributed by atoms with Gasteiger partial charge in [-0.15, -0.1) is 0 Å². The number of rotatable bonds is 6. The van der Waals surface area contributed by atoms with Crippen LogP contribution < -0.4 is 10.6 Å². The zero-order chi connectivity index (χ0) is 16.9. The molecule has 2 rings (SSSR count). The zero-order valence-electron chi connectivity index (χ0n) is 15.0. The van der Waals surface area contributed by atoms with Crippen LogP contribution in [0.1, 0.15) is 51.9 Å². The Balaban J connectivity index is 1.83. The van der Waals surface area contributed by atoms with E-state index >= 15 is 0 Å². The fraction of sp³-hybridized carbons (Fsp3) is 0.889. The minimum Gasteiger partial charge on any atom is -0.355 e. The summed E-state index contributed by atoms with van der Waals surface area (Å²) in [6.45, 7) is 4.82. The number of carbonyl (C=O) groups excluding carboxylic acids is 2. The molecule has 2 fully saturated rings. The summed E-state index contributed by atoms with van der Waals surface area (Å²) in [5.41, 5.74) is -0.364. The van der Waals surface area contributed by atoms with Gasteiger partial charge in [0.25, 0.3) is 0 Å². The maximum Gasteiger partial charge on any atom is 0.230 e. The molecule has 1 heterocycles. The Hall–Kier alpha value is -1.10. The third kappa shape index (κ3) is 4.69. The van der Waals surface area contributed by atoms with Crippen LogP contribution >= 0.6 is 0 Å². The van der Waals surface area contributed by atoms with Crippen molar-refractivity contribution in [3.05, 3.63) is 0 Å². The van der Waals surface area contributed by atoms with Crippen LogP contribution in [0, 0.1) is 17.3 Å². The van der Waals surface area contributed by atoms with E-state index in [0.29, 0.717) is 24.8 Å². The molecule has 0 aromatic heterocycles. The normalized spacial score (nSPS) is 22.6. The minimum absolute atomic E-state index is 0.105. The summed E-state index contributed by atoms with van der Waals surface area (Å²) in [7, 11) is 3.62. The second-order valence-electron chi connectivity index (χ2n) is 7.73. The van der Waals surface area contributed by atoms with Gasteiger partial charge in [-0.2, -0.15) is 0 Å². The average molecular weight is 323 g/mol. The molecule has 1 atom stereocenters. The first-order valence-corrected chi connectivity index (χ1v) is 9.14. The maximum absolute atomic E-state index is 12.5. The van der Waals surface area contributed by atoms with Crippen molar-refractivity contribution in [1.82, 2.24) is 15.5 Å². The molecular weight excluding hydrogens is 290 g/mol. The molecule has 1 saturated carbocycles. The van der Waals surface area contributed by atoms with Gasteiger partial charge in [0.2, 0.25) is 11.8 Å². The Morgan fingerprint density at radius 2 is 1.83 bits per heavy atom. The lowest BCUT2D eigenvalue weighted by Crippen LogP contribution is -2.46. The molecule has 5 heteroatoms. The highest BCUT2D eigenvalue weighted by Crippen LogP contribution is 2.39. The molecule has 1 aliphatic carbocycles. The van der Waals surface area contributed by atoms with Crippen molar-refractivity contribution in [2.45, 2.75) is 51.9 Å². The third-order valence-electron chi connectivity index (χ3n) is 5.74. The second-order valence-corrected chi connectivity index (χ2v) is 7.73. The molecule has 2 amide bonds. The molecule has 2 N–H and O–H groups in total. The highest BCUT2D eigenvalue weighted by atomic mass is 16.2. The van der Waals surface area contributed by atoms with E-state index < -0.39 is 0 Å². The summed E-state index contributed by atoms with van der Waals surface area (Å²) >= 11 is 0. The fourth-order valence-corrected chi connectivity index (χ4v) is 4.20. The number of nitrogens with zero attached hydrogens (tertiary/aromatic N) is 1. The Morgan fingerprint density at radius 1 is 1.22 bits per heavy atom. The lowest BCUT2D eigenvalue weighted by atomic mass is 9.83. The average Bonchev–Trinajstić information content (AvgIpc) is 3.03. The molecular formula is C18H33N3O2. The van der Waals surface area contributed by atoms with Gasteiger partial charge in [0, 0.05) is 27.1 Å². The molecule has 0 bridgehead atoms. The van der Waals surface area contributed by atoms with Crippen LogP contribution in [-0.2, 0) is 9.59 Å². The Kier molecular flexibility index (Phi) is 6.45. The van der Waals surface area contributed by atoms with Gasteiger partial charge in [0.1, 0.15) is 0 Å². The van der Waals surface area contributed by atoms with Crippen molar-refractivity contribution in [3.8, 4) is 0 Å². The first-order valence-electron chi connectivity index (χ1n) is 9.14. The topological polar surface area (TPSA) is 61.4 Å². The van der Waals surface area contributed by atoms with E-state index in [2.05, 4.69) is 17.6 Å². The van der Waals surface area contributed by atoms with Gasteiger partial charge in [-0.1, -0.05) is 19.8 Å². The van der Waals surface area contributed by atoms with E-state index in [4.69, 9.17) is 0 Å². The van der Waals surface area contributed by atoms with E-state index in [-0.39, 0.29) is 17.2 Å². The first kappa shape index (κ1) is 18.2. The summed E-state index contributed by atoms with van der Waals surface area (Å²) in [4.78, 5) is 26.5. The first-order chi connectivity index (χ1) is 10.9. The molecule has 23 heavy (non-hydrogen) atoms. The molecule has 0 aromatic carbocycles. The summed E-state index contributed by atoms with van der Waals surface area (Å²) in [6, 6.07) is 0. The van der Waals surface area contributed by atoms with Gasteiger partial charge in [0.05, 0.1) is 5.41 Å². The van der Waals surface area contributed by atoms with Crippen LogP contribution in [0.4, 0.5) is 0 Å². The van der Waals surface area contributed by atoms with Gasteiger partial charge >= 0.3 is 0 Å². The van der Waals surface area contributed by atoms with Gasteiger partial charge in [0.15, 0.2) is 0 Å². The predicted octanol–water partition coefficient (Wildman–Crippen LogP) is 1.78. The van der Waals surface area contributed by atoms with E-state index in [0.717, 1.165) is 51.6 Å². The highest BCUT2D eigenvalue weighted by Gasteiger charge is 2.42. The molecule has 0 spiro atoms. The number of piperidine rings is 1. The number of hydrogen-bond acceptors (Lipinski definition) is 3. The fourth-order valence-electron chi connectivity index (χ4n) is 4.20. The number of hydrogen-bond donors (Lipinski definition) is 2. The molecule has 0 aromatic rings. The van der Waals surface area contributed by atoms with E-state index in [1.807, 2.05) is 14.1 Å². The number of amides is 2. The largest absolute Gasteiger partial charge is 0.355 e. The van der Waals surface area contributed by atoms with Crippen molar-refractivity contribution >= 4 is 11.8 Å². The SMILES string of the molecule is CC(CC(=O)NCC1(C(=O)N(C)C)CCCC1)C1CCNCC1. The highest BCUT2D eigenvalue weighted by molar-refractivity contribution is 5.84. The van der Waals surface area contributed by atoms with Crippen molar-refractivity contribution in [1.29, 1.82) is 0 Å². The van der Waals surface area contributed by atoms with Crippen molar-refractivity contribution in [2.75, 3.05) is 33.7 Å². The molecule has 0 radical (unpaired) electrons. The molecule has 2 aliphatic rings. The van der Waals surface area contributed by atoms with E-state index in [1.54, 1.807) is 4.90 Å². The van der Waals surface area contributed by atoms with Crippen molar-refractivity contribution in [3.63, 3.8) is 0 Å². The summed E-state index contributed by atoms with van der Waals surface area (Å²) in [6.07, 6.45) is 6.87. The second kappa shape index (κ2) is 8.13. The van der Waals surface area contributed by atoms with Gasteiger partial charge in [-0.25, -0.2) is 0 Å². The lowest BCUT2D eigenvalue weighted by molar-refractivity contribution is -0.139. The van der Waals surface area contributed by atoms with Crippen LogP contribution in [0.5, 0.6) is 0 Å². The Labute approximate surface area is 140 Å².